The maximum absolute atomic E-state index is 12.6. The van der Waals surface area contributed by atoms with E-state index < -0.39 is 16.1 Å². The Hall–Kier alpha value is -1.95. The second-order valence-electron chi connectivity index (χ2n) is 4.45. The van der Waals surface area contributed by atoms with Gasteiger partial charge in [0.2, 0.25) is 15.9 Å². The number of aliphatic hydroxyl groups excluding tert-OH is 1. The third kappa shape index (κ3) is 3.21. The summed E-state index contributed by atoms with van der Waals surface area (Å²) in [5, 5.41) is 11.3. The average Bonchev–Trinajstić information content (AvgIpc) is 2.48. The van der Waals surface area contributed by atoms with E-state index in [0.717, 1.165) is 4.31 Å². The van der Waals surface area contributed by atoms with Crippen molar-refractivity contribution in [3.63, 3.8) is 0 Å². The number of aliphatic hydroxyl groups is 1. The molecular formula is C13H15N3O4S. The van der Waals surface area contributed by atoms with E-state index in [1.807, 2.05) is 0 Å². The van der Waals surface area contributed by atoms with Crippen molar-refractivity contribution in [1.82, 2.24) is 14.6 Å². The lowest BCUT2D eigenvalue weighted by Crippen LogP contribution is -2.55. The highest BCUT2D eigenvalue weighted by molar-refractivity contribution is 7.89. The van der Waals surface area contributed by atoms with Crippen molar-refractivity contribution < 1.29 is 18.3 Å². The SMILES string of the molecule is CC1C(=O)NCCN1S(=O)(=O)c1cncc(C#CCO)c1. The zero-order valence-corrected chi connectivity index (χ0v) is 12.2. The topological polar surface area (TPSA) is 99.6 Å². The molecule has 2 rings (SSSR count). The van der Waals surface area contributed by atoms with Crippen molar-refractivity contribution >= 4 is 15.9 Å². The molecule has 1 aliphatic rings. The van der Waals surface area contributed by atoms with Crippen molar-refractivity contribution in [3.05, 3.63) is 24.0 Å². The van der Waals surface area contributed by atoms with Crippen molar-refractivity contribution in [3.8, 4) is 11.8 Å². The zero-order valence-electron chi connectivity index (χ0n) is 11.4. The molecule has 0 radical (unpaired) electrons. The lowest BCUT2D eigenvalue weighted by molar-refractivity contribution is -0.126. The van der Waals surface area contributed by atoms with E-state index in [0.29, 0.717) is 5.56 Å². The number of nitrogens with one attached hydrogen (secondary N) is 1. The smallest absolute Gasteiger partial charge is 0.245 e. The number of sulfonamides is 1. The van der Waals surface area contributed by atoms with Gasteiger partial charge in [-0.25, -0.2) is 8.42 Å². The van der Waals surface area contributed by atoms with Crippen LogP contribution in [-0.4, -0.2) is 54.5 Å². The minimum absolute atomic E-state index is 0.0196. The highest BCUT2D eigenvalue weighted by Crippen LogP contribution is 2.19. The van der Waals surface area contributed by atoms with Gasteiger partial charge in [-0.15, -0.1) is 0 Å². The van der Waals surface area contributed by atoms with Gasteiger partial charge in [0.1, 0.15) is 17.5 Å². The Labute approximate surface area is 123 Å². The fourth-order valence-electron chi connectivity index (χ4n) is 2.00. The molecule has 1 unspecified atom stereocenters. The molecule has 8 heteroatoms. The van der Waals surface area contributed by atoms with E-state index in [1.54, 1.807) is 0 Å². The molecule has 1 aliphatic heterocycles. The first kappa shape index (κ1) is 15.4. The number of carbonyl (C=O) groups is 1. The number of pyridine rings is 1. The summed E-state index contributed by atoms with van der Waals surface area (Å²) in [6.45, 7) is 1.71. The van der Waals surface area contributed by atoms with E-state index in [2.05, 4.69) is 22.1 Å². The average molecular weight is 309 g/mol. The van der Waals surface area contributed by atoms with Crippen LogP contribution in [0.3, 0.4) is 0 Å². The number of amides is 1. The van der Waals surface area contributed by atoms with Gasteiger partial charge in [-0.2, -0.15) is 4.31 Å². The Morgan fingerprint density at radius 1 is 1.52 bits per heavy atom. The van der Waals surface area contributed by atoms with Crippen LogP contribution in [0.4, 0.5) is 0 Å². The summed E-state index contributed by atoms with van der Waals surface area (Å²) in [7, 11) is -3.81. The third-order valence-electron chi connectivity index (χ3n) is 3.07. The number of nitrogens with zero attached hydrogens (tertiary/aromatic N) is 2. The first-order chi connectivity index (χ1) is 9.96. The number of hydrogen-bond acceptors (Lipinski definition) is 5. The van der Waals surface area contributed by atoms with Crippen LogP contribution in [0.5, 0.6) is 0 Å². The molecule has 1 aromatic heterocycles. The molecule has 1 saturated heterocycles. The Balaban J connectivity index is 2.37. The summed E-state index contributed by atoms with van der Waals surface area (Å²) in [5.74, 6) is 4.71. The van der Waals surface area contributed by atoms with Crippen LogP contribution in [0.15, 0.2) is 23.4 Å². The lowest BCUT2D eigenvalue weighted by atomic mass is 10.2. The van der Waals surface area contributed by atoms with Gasteiger partial charge in [0.15, 0.2) is 0 Å². The van der Waals surface area contributed by atoms with Crippen LogP contribution in [0, 0.1) is 11.8 Å². The van der Waals surface area contributed by atoms with Gasteiger partial charge in [-0.1, -0.05) is 11.8 Å². The summed E-state index contributed by atoms with van der Waals surface area (Å²) in [6.07, 6.45) is 2.63. The van der Waals surface area contributed by atoms with Gasteiger partial charge in [0.05, 0.1) is 0 Å². The number of carbonyl (C=O) groups excluding carboxylic acids is 1. The van der Waals surface area contributed by atoms with Crippen LogP contribution in [0.1, 0.15) is 12.5 Å². The normalized spacial score (nSPS) is 19.5. The molecule has 21 heavy (non-hydrogen) atoms. The highest BCUT2D eigenvalue weighted by atomic mass is 32.2. The largest absolute Gasteiger partial charge is 0.384 e. The number of hydrogen-bond donors (Lipinski definition) is 2. The minimum atomic E-state index is -3.81. The van der Waals surface area contributed by atoms with Crippen molar-refractivity contribution in [2.24, 2.45) is 0 Å². The molecular weight excluding hydrogens is 294 g/mol. The van der Waals surface area contributed by atoms with E-state index in [1.165, 1.54) is 25.4 Å². The number of aromatic nitrogens is 1. The number of rotatable bonds is 2. The van der Waals surface area contributed by atoms with E-state index >= 15 is 0 Å². The standard InChI is InChI=1S/C13H15N3O4S/c1-10-13(18)15-4-5-16(10)21(19,20)12-7-11(3-2-6-17)8-14-9-12/h7-10,17H,4-6H2,1H3,(H,15,18). The Kier molecular flexibility index (Phi) is 4.57. The quantitative estimate of drug-likeness (QED) is 0.678. The maximum Gasteiger partial charge on any atom is 0.245 e. The van der Waals surface area contributed by atoms with Crippen LogP contribution >= 0.6 is 0 Å². The predicted molar refractivity (Wildman–Crippen MR) is 74.6 cm³/mol. The molecule has 1 atom stereocenters. The zero-order chi connectivity index (χ0) is 15.5. The first-order valence-electron chi connectivity index (χ1n) is 6.31. The Bertz CT molecular complexity index is 706. The summed E-state index contributed by atoms with van der Waals surface area (Å²) in [6, 6.07) is 0.612. The molecule has 2 N–H and O–H groups in total. The van der Waals surface area contributed by atoms with Crippen LogP contribution in [-0.2, 0) is 14.8 Å². The third-order valence-corrected chi connectivity index (χ3v) is 5.01. The van der Waals surface area contributed by atoms with E-state index in [4.69, 9.17) is 5.11 Å². The van der Waals surface area contributed by atoms with Gasteiger partial charge >= 0.3 is 0 Å². The molecule has 0 spiro atoms. The summed E-state index contributed by atoms with van der Waals surface area (Å²) >= 11 is 0. The van der Waals surface area contributed by atoms with Gasteiger partial charge in [0, 0.05) is 31.0 Å². The molecule has 1 fully saturated rings. The molecule has 112 valence electrons. The van der Waals surface area contributed by atoms with Gasteiger partial charge in [0.25, 0.3) is 0 Å². The summed E-state index contributed by atoms with van der Waals surface area (Å²) in [5.41, 5.74) is 0.388. The molecule has 1 amide bonds. The van der Waals surface area contributed by atoms with Crippen LogP contribution < -0.4 is 5.32 Å². The molecule has 0 bridgehead atoms. The van der Waals surface area contributed by atoms with Crippen LogP contribution in [0.2, 0.25) is 0 Å². The summed E-state index contributed by atoms with van der Waals surface area (Å²) < 4.78 is 26.3. The second-order valence-corrected chi connectivity index (χ2v) is 6.34. The fraction of sp³-hybridized carbons (Fsp3) is 0.385. The molecule has 0 aliphatic carbocycles. The lowest BCUT2D eigenvalue weighted by Gasteiger charge is -2.31. The molecule has 0 aromatic carbocycles. The molecule has 1 aromatic rings. The second kappa shape index (κ2) is 6.22. The highest BCUT2D eigenvalue weighted by Gasteiger charge is 2.35. The van der Waals surface area contributed by atoms with Crippen molar-refractivity contribution in [2.75, 3.05) is 19.7 Å². The number of piperazine rings is 1. The van der Waals surface area contributed by atoms with Gasteiger partial charge in [-0.05, 0) is 13.0 Å². The molecule has 7 nitrogen and oxygen atoms in total. The van der Waals surface area contributed by atoms with Crippen LogP contribution in [0.25, 0.3) is 0 Å². The first-order valence-corrected chi connectivity index (χ1v) is 7.75. The van der Waals surface area contributed by atoms with Crippen molar-refractivity contribution in [1.29, 1.82) is 0 Å². The van der Waals surface area contributed by atoms with E-state index in [9.17, 15) is 13.2 Å². The predicted octanol–water partition coefficient (Wildman–Crippen LogP) is -1.07. The molecule has 2 heterocycles. The monoisotopic (exact) mass is 309 g/mol. The maximum atomic E-state index is 12.6. The van der Waals surface area contributed by atoms with E-state index in [-0.39, 0.29) is 30.5 Å². The fourth-order valence-corrected chi connectivity index (χ4v) is 3.58. The molecule has 0 saturated carbocycles. The Morgan fingerprint density at radius 2 is 2.29 bits per heavy atom. The van der Waals surface area contributed by atoms with Crippen molar-refractivity contribution in [2.45, 2.75) is 17.9 Å². The van der Waals surface area contributed by atoms with Gasteiger partial charge in [-0.3, -0.25) is 9.78 Å². The Morgan fingerprint density at radius 3 is 3.00 bits per heavy atom. The van der Waals surface area contributed by atoms with Gasteiger partial charge < -0.3 is 10.4 Å². The minimum Gasteiger partial charge on any atom is -0.384 e. The summed E-state index contributed by atoms with van der Waals surface area (Å²) in [4.78, 5) is 15.4.